The second-order valence-corrected chi connectivity index (χ2v) is 5.09. The van der Waals surface area contributed by atoms with Gasteiger partial charge in [0.15, 0.2) is 0 Å². The van der Waals surface area contributed by atoms with Crippen LogP contribution in [0, 0.1) is 5.92 Å². The normalized spacial score (nSPS) is 18.9. The summed E-state index contributed by atoms with van der Waals surface area (Å²) in [5.41, 5.74) is 0.368. The standard InChI is InChI=1S/C14H21NO.C2H6.I2/c1-14(16,12-6-4-3-5-7-12)13-8-10-15(2)11-9-13;2*1-2/h3-7,13,16H,8-11H2,1-2H3;1-2H3;. The van der Waals surface area contributed by atoms with Crippen molar-refractivity contribution in [2.75, 3.05) is 20.1 Å². The lowest BCUT2D eigenvalue weighted by Gasteiger charge is -2.38. The number of benzene rings is 1. The molecule has 20 heavy (non-hydrogen) atoms. The van der Waals surface area contributed by atoms with Gasteiger partial charge < -0.3 is 10.0 Å². The Bertz CT molecular complexity index is 336. The van der Waals surface area contributed by atoms with E-state index in [-0.39, 0.29) is 0 Å². The van der Waals surface area contributed by atoms with Crippen molar-refractivity contribution in [1.82, 2.24) is 4.90 Å². The fraction of sp³-hybridized carbons (Fsp3) is 0.625. The highest BCUT2D eigenvalue weighted by atomic mass is 128. The molecule has 1 fully saturated rings. The first-order valence-corrected chi connectivity index (χ1v) is 13.5. The van der Waals surface area contributed by atoms with Gasteiger partial charge in [0.1, 0.15) is 0 Å². The fourth-order valence-corrected chi connectivity index (χ4v) is 2.58. The van der Waals surface area contributed by atoms with Gasteiger partial charge in [-0.15, -0.1) is 0 Å². The molecule has 2 rings (SSSR count). The van der Waals surface area contributed by atoms with Gasteiger partial charge in [0.2, 0.25) is 0 Å². The maximum Gasteiger partial charge on any atom is 0.0897 e. The molecule has 0 aromatic heterocycles. The molecule has 1 aliphatic heterocycles. The van der Waals surface area contributed by atoms with Crippen molar-refractivity contribution in [2.24, 2.45) is 5.92 Å². The molecule has 1 aromatic carbocycles. The Morgan fingerprint density at radius 2 is 1.55 bits per heavy atom. The van der Waals surface area contributed by atoms with Crippen LogP contribution in [0.25, 0.3) is 0 Å². The van der Waals surface area contributed by atoms with Crippen LogP contribution in [0.2, 0.25) is 0 Å². The molecule has 0 aliphatic carbocycles. The van der Waals surface area contributed by atoms with E-state index in [0.29, 0.717) is 5.92 Å². The quantitative estimate of drug-likeness (QED) is 0.573. The molecule has 0 amide bonds. The van der Waals surface area contributed by atoms with Crippen molar-refractivity contribution in [3.05, 3.63) is 35.9 Å². The second-order valence-electron chi connectivity index (χ2n) is 5.09. The Balaban J connectivity index is 0.000000829. The van der Waals surface area contributed by atoms with Crippen molar-refractivity contribution in [3.8, 4) is 0 Å². The van der Waals surface area contributed by atoms with Gasteiger partial charge in [-0.1, -0.05) is 44.2 Å². The highest BCUT2D eigenvalue weighted by Gasteiger charge is 2.35. The number of piperidine rings is 1. The molecule has 116 valence electrons. The second kappa shape index (κ2) is 11.2. The van der Waals surface area contributed by atoms with Crippen LogP contribution in [-0.2, 0) is 5.60 Å². The zero-order valence-electron chi connectivity index (χ0n) is 12.9. The topological polar surface area (TPSA) is 23.5 Å². The third-order valence-electron chi connectivity index (χ3n) is 3.87. The molecule has 1 aromatic rings. The minimum Gasteiger partial charge on any atom is -0.385 e. The maximum atomic E-state index is 10.7. The van der Waals surface area contributed by atoms with Gasteiger partial charge in [-0.05, 0) is 51.4 Å². The summed E-state index contributed by atoms with van der Waals surface area (Å²) < 4.78 is 0. The van der Waals surface area contributed by atoms with E-state index < -0.39 is 5.60 Å². The molecule has 1 N–H and O–H groups in total. The van der Waals surface area contributed by atoms with Gasteiger partial charge in [0.25, 0.3) is 0 Å². The Morgan fingerprint density at radius 1 is 1.10 bits per heavy atom. The predicted molar refractivity (Wildman–Crippen MR) is 106 cm³/mol. The molecule has 1 aliphatic rings. The average Bonchev–Trinajstić information content (AvgIpc) is 2.52. The SMILES string of the molecule is CC.CN1CCC(C(C)(O)c2ccccc2)CC1.II. The first kappa shape index (κ1) is 20.6. The van der Waals surface area contributed by atoms with Crippen LogP contribution in [-0.4, -0.2) is 30.1 Å². The summed E-state index contributed by atoms with van der Waals surface area (Å²) in [6.07, 6.45) is 2.16. The molecular formula is C16H27I2NO. The number of hydrogen-bond donors (Lipinski definition) is 1. The largest absolute Gasteiger partial charge is 0.385 e. The summed E-state index contributed by atoms with van der Waals surface area (Å²) in [4.78, 5) is 2.33. The zero-order valence-corrected chi connectivity index (χ0v) is 17.3. The molecule has 0 radical (unpaired) electrons. The highest BCUT2D eigenvalue weighted by molar-refractivity contribution is 15.0. The Morgan fingerprint density at radius 3 is 2.00 bits per heavy atom. The first-order valence-electron chi connectivity index (χ1n) is 7.21. The number of nitrogens with zero attached hydrogens (tertiary/aromatic N) is 1. The molecule has 1 saturated heterocycles. The van der Waals surface area contributed by atoms with Gasteiger partial charge in [-0.3, -0.25) is 0 Å². The minimum atomic E-state index is -0.678. The smallest absolute Gasteiger partial charge is 0.0897 e. The minimum absolute atomic E-state index is 0.381. The summed E-state index contributed by atoms with van der Waals surface area (Å²) in [6, 6.07) is 10.0. The Hall–Kier alpha value is 0.600. The summed E-state index contributed by atoms with van der Waals surface area (Å²) >= 11 is 4.24. The molecule has 0 spiro atoms. The average molecular weight is 503 g/mol. The van der Waals surface area contributed by atoms with Crippen LogP contribution in [0.3, 0.4) is 0 Å². The van der Waals surface area contributed by atoms with E-state index in [1.54, 1.807) is 0 Å². The zero-order chi connectivity index (χ0) is 15.6. The van der Waals surface area contributed by atoms with Crippen molar-refractivity contribution < 1.29 is 5.11 Å². The molecule has 1 unspecified atom stereocenters. The van der Waals surface area contributed by atoms with E-state index in [1.807, 2.05) is 51.1 Å². The highest BCUT2D eigenvalue weighted by Crippen LogP contribution is 2.35. The van der Waals surface area contributed by atoms with Crippen LogP contribution in [0.5, 0.6) is 0 Å². The van der Waals surface area contributed by atoms with Gasteiger partial charge >= 0.3 is 0 Å². The lowest BCUT2D eigenvalue weighted by atomic mass is 9.77. The number of halogens is 2. The van der Waals surface area contributed by atoms with Crippen LogP contribution < -0.4 is 0 Å². The van der Waals surface area contributed by atoms with Gasteiger partial charge in [0, 0.05) is 37.2 Å². The molecule has 1 heterocycles. The fourth-order valence-electron chi connectivity index (χ4n) is 2.58. The van der Waals surface area contributed by atoms with Crippen molar-refractivity contribution in [2.45, 2.75) is 39.2 Å². The molecule has 1 atom stereocenters. The van der Waals surface area contributed by atoms with Crippen LogP contribution in [0.4, 0.5) is 0 Å². The van der Waals surface area contributed by atoms with E-state index in [1.165, 1.54) is 0 Å². The monoisotopic (exact) mass is 503 g/mol. The number of aliphatic hydroxyl groups is 1. The van der Waals surface area contributed by atoms with Crippen LogP contribution in [0.15, 0.2) is 30.3 Å². The molecular weight excluding hydrogens is 476 g/mol. The van der Waals surface area contributed by atoms with Gasteiger partial charge in [-0.2, -0.15) is 0 Å². The first-order chi connectivity index (χ1) is 9.60. The Labute approximate surface area is 147 Å². The summed E-state index contributed by atoms with van der Waals surface area (Å²) in [5, 5.41) is 10.7. The summed E-state index contributed by atoms with van der Waals surface area (Å²) in [5.74, 6) is 0.381. The molecule has 0 saturated carbocycles. The van der Waals surface area contributed by atoms with Crippen LogP contribution in [0.1, 0.15) is 39.2 Å². The predicted octanol–water partition coefficient (Wildman–Crippen LogP) is 5.03. The van der Waals surface area contributed by atoms with Gasteiger partial charge in [0.05, 0.1) is 5.60 Å². The molecule has 4 heteroatoms. The van der Waals surface area contributed by atoms with E-state index in [4.69, 9.17) is 0 Å². The van der Waals surface area contributed by atoms with Crippen molar-refractivity contribution in [1.29, 1.82) is 0 Å². The van der Waals surface area contributed by atoms with E-state index in [2.05, 4.69) is 49.2 Å². The molecule has 2 nitrogen and oxygen atoms in total. The number of rotatable bonds is 2. The summed E-state index contributed by atoms with van der Waals surface area (Å²) in [7, 11) is 2.15. The third-order valence-corrected chi connectivity index (χ3v) is 3.87. The number of likely N-dealkylation sites (tertiary alicyclic amines) is 1. The lowest BCUT2D eigenvalue weighted by molar-refractivity contribution is -0.0302. The van der Waals surface area contributed by atoms with Crippen molar-refractivity contribution >= 4 is 37.2 Å². The van der Waals surface area contributed by atoms with E-state index in [0.717, 1.165) is 31.5 Å². The van der Waals surface area contributed by atoms with Gasteiger partial charge in [-0.25, -0.2) is 0 Å². The third kappa shape index (κ3) is 6.15. The Kier molecular flexibility index (Phi) is 11.5. The van der Waals surface area contributed by atoms with Crippen LogP contribution >= 0.6 is 37.2 Å². The summed E-state index contributed by atoms with van der Waals surface area (Å²) in [6.45, 7) is 8.14. The molecule has 0 bridgehead atoms. The lowest BCUT2D eigenvalue weighted by Crippen LogP contribution is -2.40. The van der Waals surface area contributed by atoms with E-state index >= 15 is 0 Å². The van der Waals surface area contributed by atoms with Crippen molar-refractivity contribution in [3.63, 3.8) is 0 Å². The van der Waals surface area contributed by atoms with E-state index in [9.17, 15) is 5.11 Å². The number of hydrogen-bond acceptors (Lipinski definition) is 2. The maximum absolute atomic E-state index is 10.7.